The fraction of sp³-hybridized carbons (Fsp3) is 0.0625. The van der Waals surface area contributed by atoms with E-state index in [0.717, 1.165) is 9.58 Å². The Morgan fingerprint density at radius 1 is 1.40 bits per heavy atom. The maximum atomic E-state index is 12.5. The van der Waals surface area contributed by atoms with E-state index in [0.29, 0.717) is 27.2 Å². The Hall–Kier alpha value is -2.42. The average Bonchev–Trinajstić information content (AvgIpc) is 3.33. The Labute approximate surface area is 155 Å². The highest BCUT2D eigenvalue weighted by molar-refractivity contribution is 7.22. The number of halogens is 1. The van der Waals surface area contributed by atoms with Crippen molar-refractivity contribution < 1.29 is 13.9 Å². The van der Waals surface area contributed by atoms with Crippen LogP contribution in [0.1, 0.15) is 10.5 Å². The quantitative estimate of drug-likeness (QED) is 0.533. The molecule has 4 aromatic rings. The Bertz CT molecular complexity index is 1060. The zero-order valence-electron chi connectivity index (χ0n) is 12.8. The van der Waals surface area contributed by atoms with Gasteiger partial charge in [-0.05, 0) is 17.5 Å². The SMILES string of the molecule is COc1cc2sc(NC(=O)c3ncoc3-c3cccs3)nc2cc1Cl. The van der Waals surface area contributed by atoms with Crippen LogP contribution in [0.15, 0.2) is 40.5 Å². The third-order valence-electron chi connectivity index (χ3n) is 3.41. The molecule has 126 valence electrons. The Morgan fingerprint density at radius 3 is 3.04 bits per heavy atom. The van der Waals surface area contributed by atoms with Crippen LogP contribution in [0.3, 0.4) is 0 Å². The molecule has 1 amide bonds. The molecule has 0 aliphatic carbocycles. The monoisotopic (exact) mass is 391 g/mol. The number of hydrogen-bond acceptors (Lipinski definition) is 7. The molecule has 3 aromatic heterocycles. The molecular weight excluding hydrogens is 382 g/mol. The highest BCUT2D eigenvalue weighted by atomic mass is 35.5. The number of benzene rings is 1. The van der Waals surface area contributed by atoms with E-state index in [1.54, 1.807) is 19.2 Å². The minimum Gasteiger partial charge on any atom is -0.495 e. The lowest BCUT2D eigenvalue weighted by atomic mass is 10.3. The number of methoxy groups -OCH3 is 1. The summed E-state index contributed by atoms with van der Waals surface area (Å²) in [4.78, 5) is 21.8. The first kappa shape index (κ1) is 16.1. The van der Waals surface area contributed by atoms with Crippen molar-refractivity contribution in [3.8, 4) is 16.4 Å². The van der Waals surface area contributed by atoms with Gasteiger partial charge < -0.3 is 9.15 Å². The average molecular weight is 392 g/mol. The molecule has 0 spiro atoms. The summed E-state index contributed by atoms with van der Waals surface area (Å²) in [5.41, 5.74) is 0.905. The maximum absolute atomic E-state index is 12.5. The molecule has 0 saturated carbocycles. The van der Waals surface area contributed by atoms with E-state index in [2.05, 4.69) is 15.3 Å². The first-order valence-corrected chi connectivity index (χ1v) is 9.16. The number of carbonyl (C=O) groups is 1. The van der Waals surface area contributed by atoms with Gasteiger partial charge in [0, 0.05) is 6.07 Å². The molecule has 0 radical (unpaired) electrons. The van der Waals surface area contributed by atoms with E-state index in [-0.39, 0.29) is 11.6 Å². The van der Waals surface area contributed by atoms with Gasteiger partial charge in [0.2, 0.25) is 0 Å². The van der Waals surface area contributed by atoms with E-state index in [1.165, 1.54) is 29.1 Å². The summed E-state index contributed by atoms with van der Waals surface area (Å²) >= 11 is 8.91. The van der Waals surface area contributed by atoms with Crippen molar-refractivity contribution in [3.63, 3.8) is 0 Å². The minimum atomic E-state index is -0.380. The molecule has 4 rings (SSSR count). The summed E-state index contributed by atoms with van der Waals surface area (Å²) in [5.74, 6) is 0.625. The summed E-state index contributed by atoms with van der Waals surface area (Å²) in [6.07, 6.45) is 1.26. The van der Waals surface area contributed by atoms with Crippen LogP contribution in [-0.4, -0.2) is 23.0 Å². The van der Waals surface area contributed by atoms with Crippen LogP contribution >= 0.6 is 34.3 Å². The fourth-order valence-corrected chi connectivity index (χ4v) is 4.11. The van der Waals surface area contributed by atoms with Gasteiger partial charge in [-0.25, -0.2) is 9.97 Å². The number of nitrogens with one attached hydrogen (secondary N) is 1. The number of thiazole rings is 1. The van der Waals surface area contributed by atoms with Crippen molar-refractivity contribution in [2.75, 3.05) is 12.4 Å². The van der Waals surface area contributed by atoms with Crippen LogP contribution in [-0.2, 0) is 0 Å². The topological polar surface area (TPSA) is 77.2 Å². The molecular formula is C16H10ClN3O3S2. The molecule has 0 bridgehead atoms. The third kappa shape index (κ3) is 2.99. The zero-order chi connectivity index (χ0) is 17.4. The van der Waals surface area contributed by atoms with Gasteiger partial charge in [0.15, 0.2) is 23.0 Å². The van der Waals surface area contributed by atoms with Crippen LogP contribution < -0.4 is 10.1 Å². The Kier molecular flexibility index (Phi) is 4.16. The summed E-state index contributed by atoms with van der Waals surface area (Å²) in [5, 5.41) is 5.58. The third-order valence-corrected chi connectivity index (χ3v) is 5.51. The lowest BCUT2D eigenvalue weighted by Gasteiger charge is -2.00. The van der Waals surface area contributed by atoms with E-state index < -0.39 is 0 Å². The molecule has 0 fully saturated rings. The van der Waals surface area contributed by atoms with E-state index in [9.17, 15) is 4.79 Å². The summed E-state index contributed by atoms with van der Waals surface area (Å²) < 4.78 is 11.4. The van der Waals surface area contributed by atoms with Gasteiger partial charge >= 0.3 is 0 Å². The zero-order valence-corrected chi connectivity index (χ0v) is 15.2. The Morgan fingerprint density at radius 2 is 2.28 bits per heavy atom. The predicted octanol–water partition coefficient (Wildman–Crippen LogP) is 4.93. The van der Waals surface area contributed by atoms with Gasteiger partial charge in [-0.2, -0.15) is 0 Å². The summed E-state index contributed by atoms with van der Waals surface area (Å²) in [7, 11) is 1.55. The second-order valence-corrected chi connectivity index (χ2v) is 7.32. The number of fused-ring (bicyclic) bond motifs is 1. The molecule has 25 heavy (non-hydrogen) atoms. The van der Waals surface area contributed by atoms with Crippen molar-refractivity contribution in [3.05, 3.63) is 46.8 Å². The largest absolute Gasteiger partial charge is 0.495 e. The molecule has 0 unspecified atom stereocenters. The lowest BCUT2D eigenvalue weighted by molar-refractivity contribution is 0.102. The predicted molar refractivity (Wildman–Crippen MR) is 99.0 cm³/mol. The first-order valence-electron chi connectivity index (χ1n) is 7.08. The van der Waals surface area contributed by atoms with Crippen LogP contribution in [0.4, 0.5) is 5.13 Å². The molecule has 1 N–H and O–H groups in total. The number of aromatic nitrogens is 2. The van der Waals surface area contributed by atoms with Crippen molar-refractivity contribution in [2.24, 2.45) is 0 Å². The van der Waals surface area contributed by atoms with Crippen LogP contribution in [0, 0.1) is 0 Å². The van der Waals surface area contributed by atoms with Gasteiger partial charge in [0.05, 0.1) is 27.2 Å². The van der Waals surface area contributed by atoms with Gasteiger partial charge in [-0.3, -0.25) is 10.1 Å². The Balaban J connectivity index is 1.63. The first-order chi connectivity index (χ1) is 12.2. The van der Waals surface area contributed by atoms with Gasteiger partial charge in [0.25, 0.3) is 5.91 Å². The molecule has 6 nitrogen and oxygen atoms in total. The van der Waals surface area contributed by atoms with Gasteiger partial charge in [0.1, 0.15) is 5.75 Å². The molecule has 9 heteroatoms. The molecule has 1 aromatic carbocycles. The minimum absolute atomic E-state index is 0.220. The second-order valence-electron chi connectivity index (χ2n) is 4.94. The number of ether oxygens (including phenoxy) is 1. The molecule has 0 atom stereocenters. The number of thiophene rings is 1. The number of rotatable bonds is 4. The molecule has 0 aliphatic heterocycles. The molecule has 0 aliphatic rings. The fourth-order valence-electron chi connectivity index (χ4n) is 2.29. The normalized spacial score (nSPS) is 11.0. The van der Waals surface area contributed by atoms with Gasteiger partial charge in [-0.1, -0.05) is 29.0 Å². The number of nitrogens with zero attached hydrogens (tertiary/aromatic N) is 2. The van der Waals surface area contributed by atoms with Gasteiger partial charge in [-0.15, -0.1) is 11.3 Å². The van der Waals surface area contributed by atoms with Crippen molar-refractivity contribution in [1.29, 1.82) is 0 Å². The van der Waals surface area contributed by atoms with Crippen LogP contribution in [0.25, 0.3) is 20.9 Å². The number of amides is 1. The van der Waals surface area contributed by atoms with Crippen LogP contribution in [0.2, 0.25) is 5.02 Å². The molecule has 3 heterocycles. The number of carbonyl (C=O) groups excluding carboxylic acids is 1. The number of hydrogen-bond donors (Lipinski definition) is 1. The summed E-state index contributed by atoms with van der Waals surface area (Å²) in [6.45, 7) is 0. The van der Waals surface area contributed by atoms with E-state index in [1.807, 2.05) is 17.5 Å². The molecule has 0 saturated heterocycles. The van der Waals surface area contributed by atoms with Crippen molar-refractivity contribution in [1.82, 2.24) is 9.97 Å². The van der Waals surface area contributed by atoms with E-state index >= 15 is 0 Å². The highest BCUT2D eigenvalue weighted by Crippen LogP contribution is 2.35. The second kappa shape index (κ2) is 6.47. The number of anilines is 1. The van der Waals surface area contributed by atoms with Crippen molar-refractivity contribution in [2.45, 2.75) is 0 Å². The lowest BCUT2D eigenvalue weighted by Crippen LogP contribution is -2.13. The standard InChI is InChI=1S/C16H10ClN3O3S2/c1-22-10-6-12-9(5-8(10)17)19-16(25-12)20-15(21)13-14(23-7-18-13)11-3-2-4-24-11/h2-7H,1H3,(H,19,20,21). The van der Waals surface area contributed by atoms with Crippen LogP contribution in [0.5, 0.6) is 5.75 Å². The maximum Gasteiger partial charge on any atom is 0.280 e. The summed E-state index contributed by atoms with van der Waals surface area (Å²) in [6, 6.07) is 7.25. The highest BCUT2D eigenvalue weighted by Gasteiger charge is 2.20. The smallest absolute Gasteiger partial charge is 0.280 e. The number of oxazole rings is 1. The van der Waals surface area contributed by atoms with Crippen molar-refractivity contribution >= 4 is 55.5 Å². The van der Waals surface area contributed by atoms with E-state index in [4.69, 9.17) is 20.8 Å².